The van der Waals surface area contributed by atoms with Crippen molar-refractivity contribution in [3.63, 3.8) is 0 Å². The predicted octanol–water partition coefficient (Wildman–Crippen LogP) is 1.30. The molecule has 1 aromatic rings. The third-order valence-electron chi connectivity index (χ3n) is 2.81. The number of sulfone groups is 1. The number of nitrogens with one attached hydrogen (secondary N) is 1. The summed E-state index contributed by atoms with van der Waals surface area (Å²) in [6.07, 6.45) is 0. The van der Waals surface area contributed by atoms with E-state index in [2.05, 4.69) is 26.1 Å². The molecule has 20 heavy (non-hydrogen) atoms. The van der Waals surface area contributed by atoms with Crippen LogP contribution in [0.1, 0.15) is 26.3 Å². The highest BCUT2D eigenvalue weighted by atomic mass is 32.2. The van der Waals surface area contributed by atoms with E-state index in [0.717, 1.165) is 5.56 Å². The number of rotatable bonds is 5. The molecule has 0 spiro atoms. The topological polar surface area (TPSA) is 89.3 Å². The second-order valence-corrected chi connectivity index (χ2v) is 7.94. The van der Waals surface area contributed by atoms with Crippen molar-refractivity contribution in [1.29, 1.82) is 0 Å². The summed E-state index contributed by atoms with van der Waals surface area (Å²) in [6.45, 7) is 6.32. The maximum atomic E-state index is 11.7. The number of amides is 1. The van der Waals surface area contributed by atoms with Gasteiger partial charge in [0, 0.05) is 12.2 Å². The Kier molecular flexibility index (Phi) is 5.30. The van der Waals surface area contributed by atoms with Gasteiger partial charge in [-0.1, -0.05) is 32.9 Å². The van der Waals surface area contributed by atoms with E-state index < -0.39 is 21.5 Å². The Hall–Kier alpha value is -1.40. The molecule has 1 rings (SSSR count). The molecule has 3 N–H and O–H groups in total. The van der Waals surface area contributed by atoms with Crippen LogP contribution >= 0.6 is 0 Å². The van der Waals surface area contributed by atoms with Crippen molar-refractivity contribution in [3.8, 4) is 0 Å². The van der Waals surface area contributed by atoms with Gasteiger partial charge in [-0.05, 0) is 23.1 Å². The second kappa shape index (κ2) is 6.37. The molecule has 0 fully saturated rings. The molecule has 0 radical (unpaired) electrons. The minimum atomic E-state index is -3.42. The van der Waals surface area contributed by atoms with Crippen molar-refractivity contribution in [2.24, 2.45) is 5.73 Å². The van der Waals surface area contributed by atoms with Crippen LogP contribution in [0.25, 0.3) is 0 Å². The summed E-state index contributed by atoms with van der Waals surface area (Å²) in [5.74, 6) is -1.25. The average Bonchev–Trinajstić information content (AvgIpc) is 2.27. The van der Waals surface area contributed by atoms with E-state index in [9.17, 15) is 13.2 Å². The van der Waals surface area contributed by atoms with Crippen molar-refractivity contribution >= 4 is 21.4 Å². The molecule has 0 atom stereocenters. The number of benzene rings is 1. The Morgan fingerprint density at radius 3 is 2.20 bits per heavy atom. The van der Waals surface area contributed by atoms with Crippen LogP contribution in [-0.4, -0.2) is 32.4 Å². The predicted molar refractivity (Wildman–Crippen MR) is 81.5 cm³/mol. The number of nitrogens with two attached hydrogens (primary N) is 1. The maximum absolute atomic E-state index is 11.7. The Bertz CT molecular complexity index is 557. The first-order chi connectivity index (χ1) is 9.14. The third-order valence-corrected chi connectivity index (χ3v) is 4.37. The summed E-state index contributed by atoms with van der Waals surface area (Å²) < 4.78 is 23.0. The molecule has 0 aliphatic carbocycles. The van der Waals surface area contributed by atoms with Gasteiger partial charge in [-0.3, -0.25) is 4.79 Å². The van der Waals surface area contributed by atoms with Gasteiger partial charge in [0.2, 0.25) is 5.91 Å². The van der Waals surface area contributed by atoms with Gasteiger partial charge in [0.05, 0.1) is 5.75 Å². The molecule has 0 aliphatic rings. The monoisotopic (exact) mass is 298 g/mol. The molecule has 0 aliphatic heterocycles. The molecule has 0 unspecified atom stereocenters. The molecular weight excluding hydrogens is 276 g/mol. The highest BCUT2D eigenvalue weighted by Crippen LogP contribution is 2.23. The molecule has 0 heterocycles. The fourth-order valence-corrected chi connectivity index (χ4v) is 2.68. The summed E-state index contributed by atoms with van der Waals surface area (Å²) in [6, 6.07) is 7.38. The summed E-state index contributed by atoms with van der Waals surface area (Å²) in [5.41, 5.74) is 6.96. The number of anilines is 1. The van der Waals surface area contributed by atoms with Gasteiger partial charge in [0.15, 0.2) is 9.84 Å². The van der Waals surface area contributed by atoms with Gasteiger partial charge in [-0.2, -0.15) is 0 Å². The van der Waals surface area contributed by atoms with E-state index >= 15 is 0 Å². The SMILES string of the molecule is CC(C)(C)c1ccc(NC(=O)CS(=O)(=O)CCN)cc1. The van der Waals surface area contributed by atoms with Crippen LogP contribution < -0.4 is 11.1 Å². The first-order valence-corrected chi connectivity index (χ1v) is 8.27. The Morgan fingerprint density at radius 2 is 1.75 bits per heavy atom. The fraction of sp³-hybridized carbons (Fsp3) is 0.500. The smallest absolute Gasteiger partial charge is 0.239 e. The molecule has 112 valence electrons. The minimum Gasteiger partial charge on any atom is -0.329 e. The first-order valence-electron chi connectivity index (χ1n) is 6.45. The van der Waals surface area contributed by atoms with Crippen molar-refractivity contribution in [2.45, 2.75) is 26.2 Å². The fourth-order valence-electron chi connectivity index (χ4n) is 1.70. The molecule has 1 aromatic carbocycles. The molecular formula is C14H22N2O3S. The van der Waals surface area contributed by atoms with E-state index in [1.165, 1.54) is 0 Å². The lowest BCUT2D eigenvalue weighted by Crippen LogP contribution is -2.27. The van der Waals surface area contributed by atoms with Crippen LogP contribution in [0.2, 0.25) is 0 Å². The molecule has 1 amide bonds. The zero-order valence-corrected chi connectivity index (χ0v) is 13.0. The van der Waals surface area contributed by atoms with Gasteiger partial charge in [-0.25, -0.2) is 8.42 Å². The summed E-state index contributed by atoms with van der Waals surface area (Å²) in [5, 5.41) is 2.58. The quantitative estimate of drug-likeness (QED) is 0.857. The third kappa shape index (κ3) is 5.30. The van der Waals surface area contributed by atoms with Crippen LogP contribution in [0.3, 0.4) is 0 Å². The van der Waals surface area contributed by atoms with Crippen LogP contribution in [0, 0.1) is 0 Å². The summed E-state index contributed by atoms with van der Waals surface area (Å²) >= 11 is 0. The number of hydrogen-bond donors (Lipinski definition) is 2. The van der Waals surface area contributed by atoms with Crippen LogP contribution in [-0.2, 0) is 20.0 Å². The van der Waals surface area contributed by atoms with Crippen molar-refractivity contribution in [1.82, 2.24) is 0 Å². The zero-order chi connectivity index (χ0) is 15.4. The first kappa shape index (κ1) is 16.7. The largest absolute Gasteiger partial charge is 0.329 e. The van der Waals surface area contributed by atoms with Gasteiger partial charge >= 0.3 is 0 Å². The molecule has 0 saturated carbocycles. The lowest BCUT2D eigenvalue weighted by atomic mass is 9.87. The van der Waals surface area contributed by atoms with Crippen molar-refractivity contribution in [3.05, 3.63) is 29.8 Å². The normalized spacial score (nSPS) is 12.2. The second-order valence-electron chi connectivity index (χ2n) is 5.76. The average molecular weight is 298 g/mol. The van der Waals surface area contributed by atoms with E-state index in [0.29, 0.717) is 5.69 Å². The van der Waals surface area contributed by atoms with Crippen molar-refractivity contribution in [2.75, 3.05) is 23.4 Å². The number of carbonyl (C=O) groups excluding carboxylic acids is 1. The van der Waals surface area contributed by atoms with Crippen LogP contribution in [0.4, 0.5) is 5.69 Å². The van der Waals surface area contributed by atoms with Gasteiger partial charge in [0.1, 0.15) is 5.75 Å². The molecule has 6 heteroatoms. The van der Waals surface area contributed by atoms with E-state index in [1.54, 1.807) is 12.1 Å². The Labute approximate surface area is 120 Å². The van der Waals surface area contributed by atoms with Crippen LogP contribution in [0.15, 0.2) is 24.3 Å². The summed E-state index contributed by atoms with van der Waals surface area (Å²) in [4.78, 5) is 11.7. The van der Waals surface area contributed by atoms with Crippen molar-refractivity contribution < 1.29 is 13.2 Å². The van der Waals surface area contributed by atoms with E-state index in [1.807, 2.05) is 12.1 Å². The zero-order valence-electron chi connectivity index (χ0n) is 12.1. The lowest BCUT2D eigenvalue weighted by Gasteiger charge is -2.19. The molecule has 0 bridgehead atoms. The highest BCUT2D eigenvalue weighted by molar-refractivity contribution is 7.92. The van der Waals surface area contributed by atoms with E-state index in [4.69, 9.17) is 5.73 Å². The minimum absolute atomic E-state index is 0.0237. The number of hydrogen-bond acceptors (Lipinski definition) is 4. The molecule has 0 saturated heterocycles. The number of carbonyl (C=O) groups is 1. The Balaban J connectivity index is 2.68. The van der Waals surface area contributed by atoms with Gasteiger partial charge < -0.3 is 11.1 Å². The summed E-state index contributed by atoms with van der Waals surface area (Å²) in [7, 11) is -3.42. The van der Waals surface area contributed by atoms with Crippen LogP contribution in [0.5, 0.6) is 0 Å². The molecule has 0 aromatic heterocycles. The molecule has 5 nitrogen and oxygen atoms in total. The Morgan fingerprint density at radius 1 is 1.20 bits per heavy atom. The standard InChI is InChI=1S/C14H22N2O3S/c1-14(2,3)11-4-6-12(7-5-11)16-13(17)10-20(18,19)9-8-15/h4-7H,8-10,15H2,1-3H3,(H,16,17). The lowest BCUT2D eigenvalue weighted by molar-refractivity contribution is -0.113. The van der Waals surface area contributed by atoms with Gasteiger partial charge in [-0.15, -0.1) is 0 Å². The van der Waals surface area contributed by atoms with Gasteiger partial charge in [0.25, 0.3) is 0 Å². The maximum Gasteiger partial charge on any atom is 0.239 e. The highest BCUT2D eigenvalue weighted by Gasteiger charge is 2.16. The van der Waals surface area contributed by atoms with E-state index in [-0.39, 0.29) is 17.7 Å².